The highest BCUT2D eigenvalue weighted by atomic mass is 16.5. The molecule has 0 N–H and O–H groups in total. The summed E-state index contributed by atoms with van der Waals surface area (Å²) in [5.41, 5.74) is 1.83. The van der Waals surface area contributed by atoms with Crippen LogP contribution in [0.15, 0.2) is 24.3 Å². The van der Waals surface area contributed by atoms with E-state index in [4.69, 9.17) is 4.74 Å². The Morgan fingerprint density at radius 3 is 2.88 bits per heavy atom. The quantitative estimate of drug-likeness (QED) is 0.721. The average molecular weight is 217 g/mol. The van der Waals surface area contributed by atoms with Crippen molar-refractivity contribution in [2.45, 2.75) is 26.1 Å². The number of ether oxygens (including phenoxy) is 1. The molecule has 1 saturated heterocycles. The summed E-state index contributed by atoms with van der Waals surface area (Å²) in [6.45, 7) is 4.92. The van der Waals surface area contributed by atoms with Gasteiger partial charge in [-0.2, -0.15) is 0 Å². The maximum atomic E-state index is 12.2. The van der Waals surface area contributed by atoms with E-state index < -0.39 is 0 Å². The second kappa shape index (κ2) is 3.32. The van der Waals surface area contributed by atoms with Gasteiger partial charge >= 0.3 is 0 Å². The zero-order valence-electron chi connectivity index (χ0n) is 9.51. The number of amides is 1. The summed E-state index contributed by atoms with van der Waals surface area (Å²) in [6, 6.07) is 7.95. The van der Waals surface area contributed by atoms with Gasteiger partial charge in [0.25, 0.3) is 5.91 Å². The third-order valence-electron chi connectivity index (χ3n) is 3.50. The van der Waals surface area contributed by atoms with Gasteiger partial charge in [0.2, 0.25) is 0 Å². The lowest BCUT2D eigenvalue weighted by Gasteiger charge is -2.24. The summed E-state index contributed by atoms with van der Waals surface area (Å²) in [6.07, 6.45) is -0.143. The molecule has 0 bridgehead atoms. The van der Waals surface area contributed by atoms with E-state index in [1.165, 1.54) is 0 Å². The van der Waals surface area contributed by atoms with Crippen molar-refractivity contribution in [2.75, 3.05) is 6.61 Å². The molecule has 2 aliphatic heterocycles. The molecule has 0 aromatic heterocycles. The Bertz CT molecular complexity index is 441. The van der Waals surface area contributed by atoms with Crippen molar-refractivity contribution in [3.63, 3.8) is 0 Å². The predicted octanol–water partition coefficient (Wildman–Crippen LogP) is 2.20. The molecule has 0 unspecified atom stereocenters. The van der Waals surface area contributed by atoms with E-state index in [1.807, 2.05) is 29.2 Å². The molecule has 3 nitrogen and oxygen atoms in total. The third-order valence-corrected chi connectivity index (χ3v) is 3.50. The summed E-state index contributed by atoms with van der Waals surface area (Å²) in [5, 5.41) is 0. The van der Waals surface area contributed by atoms with Gasteiger partial charge < -0.3 is 9.64 Å². The van der Waals surface area contributed by atoms with Crippen LogP contribution in [-0.2, 0) is 4.74 Å². The van der Waals surface area contributed by atoms with Gasteiger partial charge in [0.15, 0.2) is 6.23 Å². The Balaban J connectivity index is 2.04. The van der Waals surface area contributed by atoms with Gasteiger partial charge in [-0.3, -0.25) is 4.79 Å². The number of benzene rings is 1. The molecule has 1 aromatic carbocycles. The van der Waals surface area contributed by atoms with Gasteiger partial charge in [0, 0.05) is 11.1 Å². The molecule has 0 radical (unpaired) electrons. The Labute approximate surface area is 95.0 Å². The Morgan fingerprint density at radius 2 is 2.12 bits per heavy atom. The van der Waals surface area contributed by atoms with Crippen molar-refractivity contribution < 1.29 is 9.53 Å². The highest BCUT2D eigenvalue weighted by molar-refractivity contribution is 5.99. The Hall–Kier alpha value is -1.35. The molecule has 3 rings (SSSR count). The van der Waals surface area contributed by atoms with E-state index in [0.717, 1.165) is 11.1 Å². The second-order valence-corrected chi connectivity index (χ2v) is 4.80. The fourth-order valence-electron chi connectivity index (χ4n) is 2.58. The number of carbonyl (C=O) groups excluding carboxylic acids is 1. The number of fused-ring (bicyclic) bond motifs is 3. The van der Waals surface area contributed by atoms with Crippen LogP contribution in [0.2, 0.25) is 0 Å². The summed E-state index contributed by atoms with van der Waals surface area (Å²) < 4.78 is 5.75. The lowest BCUT2D eigenvalue weighted by Crippen LogP contribution is -2.37. The first-order valence-corrected chi connectivity index (χ1v) is 5.73. The highest BCUT2D eigenvalue weighted by Crippen LogP contribution is 2.41. The molecule has 2 atom stereocenters. The first-order chi connectivity index (χ1) is 7.70. The molecule has 0 aliphatic carbocycles. The van der Waals surface area contributed by atoms with Crippen LogP contribution in [0.3, 0.4) is 0 Å². The monoisotopic (exact) mass is 217 g/mol. The van der Waals surface area contributed by atoms with Crippen LogP contribution < -0.4 is 0 Å². The molecule has 2 aliphatic rings. The zero-order chi connectivity index (χ0) is 11.3. The molecule has 3 heteroatoms. The minimum absolute atomic E-state index is 0.122. The summed E-state index contributed by atoms with van der Waals surface area (Å²) in [7, 11) is 0. The molecule has 0 saturated carbocycles. The minimum atomic E-state index is -0.143. The molecule has 0 spiro atoms. The van der Waals surface area contributed by atoms with Crippen LogP contribution in [0.1, 0.15) is 36.0 Å². The molecular formula is C13H15NO2. The largest absolute Gasteiger partial charge is 0.352 e. The first kappa shape index (κ1) is 9.85. The SMILES string of the molecule is CC(C)[C@@H]1CO[C@H]2c3ccccc3C(=O)N21. The minimum Gasteiger partial charge on any atom is -0.352 e. The maximum absolute atomic E-state index is 12.2. The van der Waals surface area contributed by atoms with Crippen molar-refractivity contribution in [1.82, 2.24) is 4.90 Å². The van der Waals surface area contributed by atoms with Crippen LogP contribution >= 0.6 is 0 Å². The molecule has 1 aromatic rings. The van der Waals surface area contributed by atoms with Gasteiger partial charge in [-0.05, 0) is 12.0 Å². The van der Waals surface area contributed by atoms with Crippen LogP contribution in [-0.4, -0.2) is 23.5 Å². The van der Waals surface area contributed by atoms with E-state index in [1.54, 1.807) is 0 Å². The van der Waals surface area contributed by atoms with Crippen molar-refractivity contribution in [1.29, 1.82) is 0 Å². The summed E-state index contributed by atoms with van der Waals surface area (Å²) in [4.78, 5) is 14.1. The maximum Gasteiger partial charge on any atom is 0.256 e. The standard InChI is InChI=1S/C13H15NO2/c1-8(2)11-7-16-13-10-6-4-3-5-9(10)12(15)14(11)13/h3-6,8,11,13H,7H2,1-2H3/t11-,13-/m0/s1. The summed E-state index contributed by atoms with van der Waals surface area (Å²) in [5.74, 6) is 0.556. The Kier molecular flexibility index (Phi) is 2.04. The fraction of sp³-hybridized carbons (Fsp3) is 0.462. The van der Waals surface area contributed by atoms with Gasteiger partial charge in [0.05, 0.1) is 12.6 Å². The Morgan fingerprint density at radius 1 is 1.38 bits per heavy atom. The number of rotatable bonds is 1. The van der Waals surface area contributed by atoms with E-state index in [2.05, 4.69) is 13.8 Å². The van der Waals surface area contributed by atoms with Crippen molar-refractivity contribution >= 4 is 5.91 Å². The highest BCUT2D eigenvalue weighted by Gasteiger charge is 2.46. The number of hydrogen-bond donors (Lipinski definition) is 0. The van der Waals surface area contributed by atoms with Crippen molar-refractivity contribution in [3.8, 4) is 0 Å². The molecule has 16 heavy (non-hydrogen) atoms. The van der Waals surface area contributed by atoms with Crippen molar-refractivity contribution in [3.05, 3.63) is 35.4 Å². The number of carbonyl (C=O) groups is 1. The lowest BCUT2D eigenvalue weighted by atomic mass is 10.0. The molecular weight excluding hydrogens is 202 g/mol. The second-order valence-electron chi connectivity index (χ2n) is 4.80. The number of hydrogen-bond acceptors (Lipinski definition) is 2. The van der Waals surface area contributed by atoms with Crippen molar-refractivity contribution in [2.24, 2.45) is 5.92 Å². The molecule has 1 fully saturated rings. The molecule has 2 heterocycles. The van der Waals surface area contributed by atoms with Crippen LogP contribution in [0.25, 0.3) is 0 Å². The van der Waals surface area contributed by atoms with E-state index in [9.17, 15) is 4.79 Å². The topological polar surface area (TPSA) is 29.5 Å². The van der Waals surface area contributed by atoms with E-state index in [0.29, 0.717) is 12.5 Å². The van der Waals surface area contributed by atoms with Crippen LogP contribution in [0.4, 0.5) is 0 Å². The first-order valence-electron chi connectivity index (χ1n) is 5.73. The van der Waals surface area contributed by atoms with Crippen LogP contribution in [0.5, 0.6) is 0 Å². The van der Waals surface area contributed by atoms with Gasteiger partial charge in [-0.1, -0.05) is 32.0 Å². The van der Waals surface area contributed by atoms with Crippen LogP contribution in [0, 0.1) is 5.92 Å². The lowest BCUT2D eigenvalue weighted by molar-refractivity contribution is 0.0339. The predicted molar refractivity (Wildman–Crippen MR) is 59.9 cm³/mol. The van der Waals surface area contributed by atoms with Gasteiger partial charge in [0.1, 0.15) is 0 Å². The van der Waals surface area contributed by atoms with E-state index in [-0.39, 0.29) is 18.2 Å². The molecule has 1 amide bonds. The number of nitrogens with zero attached hydrogens (tertiary/aromatic N) is 1. The van der Waals surface area contributed by atoms with Gasteiger partial charge in [-0.25, -0.2) is 0 Å². The normalized spacial score (nSPS) is 27.4. The average Bonchev–Trinajstić information content (AvgIpc) is 2.81. The fourth-order valence-corrected chi connectivity index (χ4v) is 2.58. The molecule has 84 valence electrons. The summed E-state index contributed by atoms with van der Waals surface area (Å²) >= 11 is 0. The van der Waals surface area contributed by atoms with Gasteiger partial charge in [-0.15, -0.1) is 0 Å². The third kappa shape index (κ3) is 1.15. The smallest absolute Gasteiger partial charge is 0.256 e. The van der Waals surface area contributed by atoms with E-state index >= 15 is 0 Å². The zero-order valence-corrected chi connectivity index (χ0v) is 9.51.